The monoisotopic (exact) mass is 378 g/mol. The van der Waals surface area contributed by atoms with Crippen LogP contribution in [0.1, 0.15) is 77.6 Å². The molecule has 0 aromatic heterocycles. The Hall–Kier alpha value is -2.08. The van der Waals surface area contributed by atoms with Crippen LogP contribution in [-0.4, -0.2) is 0 Å². The zero-order chi connectivity index (χ0) is 20.4. The average molecular weight is 379 g/mol. The molecule has 0 bridgehead atoms. The van der Waals surface area contributed by atoms with Gasteiger partial charge in [0.15, 0.2) is 0 Å². The minimum Gasteiger partial charge on any atom is -0.0991 e. The molecule has 0 heterocycles. The van der Waals surface area contributed by atoms with Gasteiger partial charge >= 0.3 is 0 Å². The topological polar surface area (TPSA) is 0 Å². The summed E-state index contributed by atoms with van der Waals surface area (Å²) in [5.41, 5.74) is 0. The number of hydrogen-bond donors (Lipinski definition) is 0. The van der Waals surface area contributed by atoms with Gasteiger partial charge in [0.25, 0.3) is 0 Å². The van der Waals surface area contributed by atoms with Crippen molar-refractivity contribution >= 4 is 0 Å². The predicted molar refractivity (Wildman–Crippen MR) is 131 cm³/mol. The van der Waals surface area contributed by atoms with Crippen LogP contribution in [0.5, 0.6) is 0 Å². The van der Waals surface area contributed by atoms with E-state index in [0.717, 1.165) is 0 Å². The van der Waals surface area contributed by atoms with Crippen LogP contribution >= 0.6 is 0 Å². The molecular weight excluding hydrogens is 336 g/mol. The Labute approximate surface area is 175 Å². The molecule has 0 amide bonds. The lowest BCUT2D eigenvalue weighted by Crippen LogP contribution is -1.81. The molecule has 0 unspecified atom stereocenters. The summed E-state index contributed by atoms with van der Waals surface area (Å²) in [6.07, 6.45) is 45.6. The molecular formula is C28H42. The Balaban J connectivity index is 3.51. The third-order valence-corrected chi connectivity index (χ3v) is 4.33. The maximum atomic E-state index is 3.62. The number of unbranched alkanes of at least 4 members (excludes halogenated alkanes) is 10. The van der Waals surface area contributed by atoms with Crippen LogP contribution in [0.4, 0.5) is 0 Å². The number of rotatable bonds is 18. The molecule has 0 rings (SSSR count). The maximum Gasteiger partial charge on any atom is -0.0348 e. The Morgan fingerprint density at radius 1 is 0.429 bits per heavy atom. The van der Waals surface area contributed by atoms with E-state index in [9.17, 15) is 0 Å². The third-order valence-electron chi connectivity index (χ3n) is 4.33. The largest absolute Gasteiger partial charge is 0.0991 e. The van der Waals surface area contributed by atoms with Crippen LogP contribution in [-0.2, 0) is 0 Å². The highest BCUT2D eigenvalue weighted by molar-refractivity contribution is 5.21. The molecule has 0 aliphatic carbocycles. The second-order valence-electron chi connectivity index (χ2n) is 6.94. The van der Waals surface area contributed by atoms with E-state index < -0.39 is 0 Å². The quantitative estimate of drug-likeness (QED) is 0.164. The first kappa shape index (κ1) is 25.9. The summed E-state index contributed by atoms with van der Waals surface area (Å²) in [4.78, 5) is 0. The van der Waals surface area contributed by atoms with Crippen molar-refractivity contribution in [2.75, 3.05) is 0 Å². The highest BCUT2D eigenvalue weighted by Gasteiger charge is 1.91. The number of allylic oxidation sites excluding steroid dienone is 15. The molecule has 0 aromatic carbocycles. The standard InChI is InChI=1S/C28H42/c1-3-5-7-9-11-13-15-17-19-21-23-25-27-28-26-24-22-20-18-16-14-12-10-8-6-4-2/h3,5,7,9,11,13,15,17,19,21,23,25-28H,1,4,6,8,10,12,14,16,18,20,22,24H2,2H3. The molecule has 0 atom stereocenters. The Bertz CT molecular complexity index is 520. The van der Waals surface area contributed by atoms with E-state index in [1.165, 1.54) is 70.6 Å². The summed E-state index contributed by atoms with van der Waals surface area (Å²) in [7, 11) is 0. The first-order valence-electron chi connectivity index (χ1n) is 11.2. The highest BCUT2D eigenvalue weighted by Crippen LogP contribution is 2.11. The molecule has 0 N–H and O–H groups in total. The Morgan fingerprint density at radius 3 is 1.21 bits per heavy atom. The van der Waals surface area contributed by atoms with E-state index in [1.54, 1.807) is 6.08 Å². The van der Waals surface area contributed by atoms with Crippen molar-refractivity contribution < 1.29 is 0 Å². The van der Waals surface area contributed by atoms with E-state index in [0.29, 0.717) is 0 Å². The zero-order valence-corrected chi connectivity index (χ0v) is 18.1. The van der Waals surface area contributed by atoms with E-state index >= 15 is 0 Å². The molecule has 0 aliphatic heterocycles. The van der Waals surface area contributed by atoms with Gasteiger partial charge in [-0.1, -0.05) is 162 Å². The zero-order valence-electron chi connectivity index (χ0n) is 18.1. The van der Waals surface area contributed by atoms with Gasteiger partial charge in [-0.25, -0.2) is 0 Å². The summed E-state index contributed by atoms with van der Waals surface area (Å²) >= 11 is 0. The third kappa shape index (κ3) is 23.9. The second-order valence-corrected chi connectivity index (χ2v) is 6.94. The van der Waals surface area contributed by atoms with E-state index in [1.807, 2.05) is 54.7 Å². The number of hydrogen-bond acceptors (Lipinski definition) is 0. The van der Waals surface area contributed by atoms with Gasteiger partial charge in [0.1, 0.15) is 0 Å². The van der Waals surface area contributed by atoms with Gasteiger partial charge in [0, 0.05) is 0 Å². The molecule has 154 valence electrons. The molecule has 28 heavy (non-hydrogen) atoms. The van der Waals surface area contributed by atoms with Crippen LogP contribution in [0.15, 0.2) is 97.7 Å². The molecule has 0 heteroatoms. The summed E-state index contributed by atoms with van der Waals surface area (Å²) < 4.78 is 0. The van der Waals surface area contributed by atoms with Gasteiger partial charge in [0.2, 0.25) is 0 Å². The normalized spacial score (nSPS) is 13.2. The lowest BCUT2D eigenvalue weighted by molar-refractivity contribution is 0.557. The Morgan fingerprint density at radius 2 is 0.786 bits per heavy atom. The van der Waals surface area contributed by atoms with Crippen molar-refractivity contribution in [3.8, 4) is 0 Å². The van der Waals surface area contributed by atoms with Crippen molar-refractivity contribution in [1.82, 2.24) is 0 Å². The van der Waals surface area contributed by atoms with Crippen molar-refractivity contribution in [1.29, 1.82) is 0 Å². The second kappa shape index (κ2) is 24.9. The van der Waals surface area contributed by atoms with Crippen molar-refractivity contribution in [2.24, 2.45) is 0 Å². The SMILES string of the molecule is C=CC=CC=CC=CC=CC=CC=CC=CCCCCCCCCCCCC. The van der Waals surface area contributed by atoms with Gasteiger partial charge in [-0.3, -0.25) is 0 Å². The minimum atomic E-state index is 1.20. The van der Waals surface area contributed by atoms with E-state index in [4.69, 9.17) is 0 Å². The summed E-state index contributed by atoms with van der Waals surface area (Å²) in [5, 5.41) is 0. The molecule has 0 aliphatic rings. The molecule has 0 aromatic rings. The fraction of sp³-hybridized carbons (Fsp3) is 0.429. The first-order chi connectivity index (χ1) is 13.9. The van der Waals surface area contributed by atoms with Crippen molar-refractivity contribution in [3.05, 3.63) is 97.7 Å². The van der Waals surface area contributed by atoms with Gasteiger partial charge in [-0.05, 0) is 12.8 Å². The van der Waals surface area contributed by atoms with E-state index in [-0.39, 0.29) is 0 Å². The fourth-order valence-electron chi connectivity index (χ4n) is 2.71. The smallest absolute Gasteiger partial charge is 0.0348 e. The maximum absolute atomic E-state index is 3.62. The molecule has 0 saturated heterocycles. The molecule has 0 nitrogen and oxygen atoms in total. The summed E-state index contributed by atoms with van der Waals surface area (Å²) in [6.45, 7) is 5.90. The lowest BCUT2D eigenvalue weighted by Gasteiger charge is -2.01. The van der Waals surface area contributed by atoms with Crippen molar-refractivity contribution in [3.63, 3.8) is 0 Å². The van der Waals surface area contributed by atoms with Crippen LogP contribution in [0.25, 0.3) is 0 Å². The summed E-state index contributed by atoms with van der Waals surface area (Å²) in [5.74, 6) is 0. The highest BCUT2D eigenvalue weighted by atomic mass is 14.0. The molecule has 0 fully saturated rings. The Kier molecular flexibility index (Phi) is 23.1. The van der Waals surface area contributed by atoms with Gasteiger partial charge in [-0.15, -0.1) is 0 Å². The van der Waals surface area contributed by atoms with Crippen LogP contribution < -0.4 is 0 Å². The summed E-state index contributed by atoms with van der Waals surface area (Å²) in [6, 6.07) is 0. The molecule has 0 saturated carbocycles. The lowest BCUT2D eigenvalue weighted by atomic mass is 10.1. The van der Waals surface area contributed by atoms with Crippen LogP contribution in [0.3, 0.4) is 0 Å². The van der Waals surface area contributed by atoms with E-state index in [2.05, 4.69) is 43.9 Å². The van der Waals surface area contributed by atoms with Gasteiger partial charge < -0.3 is 0 Å². The fourth-order valence-corrected chi connectivity index (χ4v) is 2.71. The van der Waals surface area contributed by atoms with Gasteiger partial charge in [0.05, 0.1) is 0 Å². The average Bonchev–Trinajstić information content (AvgIpc) is 2.71. The van der Waals surface area contributed by atoms with Crippen LogP contribution in [0, 0.1) is 0 Å². The predicted octanol–water partition coefficient (Wildman–Crippen LogP) is 9.38. The van der Waals surface area contributed by atoms with Gasteiger partial charge in [-0.2, -0.15) is 0 Å². The van der Waals surface area contributed by atoms with Crippen LogP contribution in [0.2, 0.25) is 0 Å². The first-order valence-corrected chi connectivity index (χ1v) is 11.2. The van der Waals surface area contributed by atoms with Crippen molar-refractivity contribution in [2.45, 2.75) is 77.6 Å². The minimum absolute atomic E-state index is 1.20. The molecule has 0 radical (unpaired) electrons. The molecule has 0 spiro atoms.